The lowest BCUT2D eigenvalue weighted by Crippen LogP contribution is -2.10. The van der Waals surface area contributed by atoms with Gasteiger partial charge in [-0.2, -0.15) is 0 Å². The zero-order valence-corrected chi connectivity index (χ0v) is 8.70. The fourth-order valence-corrected chi connectivity index (χ4v) is 1.23. The summed E-state index contributed by atoms with van der Waals surface area (Å²) in [6.45, 7) is 2.08. The molecule has 1 unspecified atom stereocenters. The number of rotatable bonds is 6. The molecule has 72 valence electrons. The van der Waals surface area contributed by atoms with Gasteiger partial charge in [0.1, 0.15) is 0 Å². The van der Waals surface area contributed by atoms with E-state index in [1.165, 1.54) is 0 Å². The van der Waals surface area contributed by atoms with E-state index in [-0.39, 0.29) is 23.8 Å². The summed E-state index contributed by atoms with van der Waals surface area (Å²) in [6, 6.07) is -0.0871. The van der Waals surface area contributed by atoms with Gasteiger partial charge in [0.25, 0.3) is 0 Å². The lowest BCUT2D eigenvalue weighted by molar-refractivity contribution is -0.141. The van der Waals surface area contributed by atoms with Crippen molar-refractivity contribution in [1.29, 1.82) is 0 Å². The Kier molecular flexibility index (Phi) is 7.72. The van der Waals surface area contributed by atoms with E-state index in [4.69, 9.17) is 23.2 Å². The fourth-order valence-electron chi connectivity index (χ4n) is 0.828. The summed E-state index contributed by atoms with van der Waals surface area (Å²) in [5.74, 6) is -0.318. The van der Waals surface area contributed by atoms with Crippen LogP contribution in [0.25, 0.3) is 0 Å². The molecule has 0 aliphatic rings. The van der Waals surface area contributed by atoms with E-state index in [0.29, 0.717) is 0 Å². The average molecular weight is 213 g/mol. The molecule has 0 heterocycles. The van der Waals surface area contributed by atoms with Crippen LogP contribution in [0.3, 0.4) is 0 Å². The summed E-state index contributed by atoms with van der Waals surface area (Å²) in [5, 5.41) is -0.110. The van der Waals surface area contributed by atoms with Crippen LogP contribution in [0.15, 0.2) is 0 Å². The number of carbonyl (C=O) groups excluding carboxylic acids is 1. The molecule has 0 aromatic heterocycles. The number of hydrogen-bond donors (Lipinski definition) is 0. The Morgan fingerprint density at radius 3 is 2.75 bits per heavy atom. The number of esters is 1. The lowest BCUT2D eigenvalue weighted by atomic mass is 10.1. The Hall–Kier alpha value is 0.0500. The van der Waals surface area contributed by atoms with Crippen molar-refractivity contribution in [2.45, 2.75) is 38.0 Å². The monoisotopic (exact) mass is 212 g/mol. The van der Waals surface area contributed by atoms with Crippen molar-refractivity contribution in [3.05, 3.63) is 0 Å². The Bertz CT molecular complexity index is 128. The van der Waals surface area contributed by atoms with E-state index in [2.05, 4.69) is 11.7 Å². The van der Waals surface area contributed by atoms with Crippen LogP contribution < -0.4 is 0 Å². The van der Waals surface area contributed by atoms with Crippen LogP contribution in [-0.4, -0.2) is 17.4 Å². The van der Waals surface area contributed by atoms with Gasteiger partial charge in [-0.15, -0.1) is 11.6 Å². The van der Waals surface area contributed by atoms with Crippen LogP contribution in [0.4, 0.5) is 0 Å². The maximum atomic E-state index is 10.8. The Morgan fingerprint density at radius 2 is 2.25 bits per heavy atom. The number of ether oxygens (including phenoxy) is 1. The van der Waals surface area contributed by atoms with Crippen LogP contribution in [0.5, 0.6) is 0 Å². The summed E-state index contributed by atoms with van der Waals surface area (Å²) in [6.07, 6.45) is 3.25. The minimum absolute atomic E-state index is 0.0871. The van der Waals surface area contributed by atoms with E-state index < -0.39 is 0 Å². The first-order valence-electron chi connectivity index (χ1n) is 4.06. The molecule has 0 saturated carbocycles. The van der Waals surface area contributed by atoms with Gasteiger partial charge in [0.05, 0.1) is 6.42 Å². The molecule has 0 aliphatic carbocycles. The summed E-state index contributed by atoms with van der Waals surface area (Å²) in [5.41, 5.74) is 0. The average Bonchev–Trinajstić information content (AvgIpc) is 2.01. The Labute approximate surface area is 83.2 Å². The molecule has 0 aromatic rings. The zero-order chi connectivity index (χ0) is 9.40. The third-order valence-corrected chi connectivity index (χ3v) is 1.96. The highest BCUT2D eigenvalue weighted by atomic mass is 35.5. The Morgan fingerprint density at radius 1 is 1.58 bits per heavy atom. The highest BCUT2D eigenvalue weighted by Crippen LogP contribution is 2.12. The summed E-state index contributed by atoms with van der Waals surface area (Å²) < 4.78 is 4.53. The predicted octanol–water partition coefficient (Wildman–Crippen LogP) is 2.91. The van der Waals surface area contributed by atoms with Gasteiger partial charge in [-0.1, -0.05) is 31.4 Å². The highest BCUT2D eigenvalue weighted by Gasteiger charge is 2.10. The molecule has 0 amide bonds. The standard InChI is InChI=1S/C8H14Cl2O2/c1-2-3-4-7(10)5-8(11)12-6-9/h7H,2-6H2,1H3. The molecular formula is C8H14Cl2O2. The van der Waals surface area contributed by atoms with Gasteiger partial charge in [0, 0.05) is 5.38 Å². The molecule has 12 heavy (non-hydrogen) atoms. The number of halogens is 2. The van der Waals surface area contributed by atoms with Crippen LogP contribution in [0.2, 0.25) is 0 Å². The molecule has 4 heteroatoms. The van der Waals surface area contributed by atoms with Gasteiger partial charge in [-0.3, -0.25) is 4.79 Å². The number of carbonyl (C=O) groups is 1. The third kappa shape index (κ3) is 6.74. The predicted molar refractivity (Wildman–Crippen MR) is 50.6 cm³/mol. The second kappa shape index (κ2) is 7.69. The van der Waals surface area contributed by atoms with Crippen molar-refractivity contribution in [3.63, 3.8) is 0 Å². The number of unbranched alkanes of at least 4 members (excludes halogenated alkanes) is 1. The van der Waals surface area contributed by atoms with Crippen molar-refractivity contribution < 1.29 is 9.53 Å². The quantitative estimate of drug-likeness (QED) is 0.500. The first-order valence-corrected chi connectivity index (χ1v) is 5.03. The van der Waals surface area contributed by atoms with E-state index in [1.54, 1.807) is 0 Å². The topological polar surface area (TPSA) is 26.3 Å². The lowest BCUT2D eigenvalue weighted by Gasteiger charge is -2.06. The van der Waals surface area contributed by atoms with Gasteiger partial charge in [-0.25, -0.2) is 0 Å². The van der Waals surface area contributed by atoms with E-state index >= 15 is 0 Å². The molecule has 0 spiro atoms. The summed E-state index contributed by atoms with van der Waals surface area (Å²) >= 11 is 11.0. The molecule has 0 N–H and O–H groups in total. The van der Waals surface area contributed by atoms with Crippen LogP contribution in [0, 0.1) is 0 Å². The molecule has 0 fully saturated rings. The van der Waals surface area contributed by atoms with E-state index in [9.17, 15) is 4.79 Å². The molecular weight excluding hydrogens is 199 g/mol. The SMILES string of the molecule is CCCCC(Cl)CC(=O)OCCl. The summed E-state index contributed by atoms with van der Waals surface area (Å²) in [4.78, 5) is 10.8. The molecule has 0 aromatic carbocycles. The van der Waals surface area contributed by atoms with Crippen molar-refractivity contribution >= 4 is 29.2 Å². The fraction of sp³-hybridized carbons (Fsp3) is 0.875. The van der Waals surface area contributed by atoms with Crippen molar-refractivity contribution in [2.75, 3.05) is 6.07 Å². The second-order valence-corrected chi connectivity index (χ2v) is 3.40. The molecule has 0 aliphatic heterocycles. The van der Waals surface area contributed by atoms with Crippen molar-refractivity contribution in [2.24, 2.45) is 0 Å². The van der Waals surface area contributed by atoms with Crippen molar-refractivity contribution in [1.82, 2.24) is 0 Å². The molecule has 0 radical (unpaired) electrons. The minimum Gasteiger partial charge on any atom is -0.449 e. The van der Waals surface area contributed by atoms with E-state index in [1.807, 2.05) is 0 Å². The number of hydrogen-bond acceptors (Lipinski definition) is 2. The van der Waals surface area contributed by atoms with Gasteiger partial charge >= 0.3 is 5.97 Å². The molecule has 0 bridgehead atoms. The largest absolute Gasteiger partial charge is 0.449 e. The normalized spacial score (nSPS) is 12.6. The van der Waals surface area contributed by atoms with Gasteiger partial charge in [0.2, 0.25) is 0 Å². The molecule has 0 rings (SSSR count). The maximum Gasteiger partial charge on any atom is 0.308 e. The third-order valence-electron chi connectivity index (χ3n) is 1.47. The number of alkyl halides is 2. The zero-order valence-electron chi connectivity index (χ0n) is 7.19. The van der Waals surface area contributed by atoms with Crippen LogP contribution in [0.1, 0.15) is 32.6 Å². The van der Waals surface area contributed by atoms with Crippen LogP contribution in [-0.2, 0) is 9.53 Å². The van der Waals surface area contributed by atoms with Crippen molar-refractivity contribution in [3.8, 4) is 0 Å². The second-order valence-electron chi connectivity index (χ2n) is 2.57. The molecule has 1 atom stereocenters. The molecule has 2 nitrogen and oxygen atoms in total. The smallest absolute Gasteiger partial charge is 0.308 e. The van der Waals surface area contributed by atoms with Gasteiger partial charge in [0.15, 0.2) is 6.07 Å². The highest BCUT2D eigenvalue weighted by molar-refractivity contribution is 6.21. The first kappa shape index (κ1) is 12.0. The minimum atomic E-state index is -0.318. The summed E-state index contributed by atoms with van der Waals surface area (Å²) in [7, 11) is 0. The van der Waals surface area contributed by atoms with Crippen LogP contribution >= 0.6 is 23.2 Å². The van der Waals surface area contributed by atoms with Gasteiger partial charge in [-0.05, 0) is 6.42 Å². The first-order chi connectivity index (χ1) is 5.70. The molecule has 0 saturated heterocycles. The van der Waals surface area contributed by atoms with E-state index in [0.717, 1.165) is 19.3 Å². The Balaban J connectivity index is 3.40. The maximum absolute atomic E-state index is 10.8. The van der Waals surface area contributed by atoms with Gasteiger partial charge < -0.3 is 4.74 Å².